The largest absolute Gasteiger partial charge is 0.441 e. The Morgan fingerprint density at radius 2 is 1.96 bits per heavy atom. The summed E-state index contributed by atoms with van der Waals surface area (Å²) in [5.74, 6) is 2.98. The number of aryl methyl sites for hydroxylation is 2. The average Bonchev–Trinajstić information content (AvgIpc) is 3.35. The second kappa shape index (κ2) is 8.00. The van der Waals surface area contributed by atoms with Crippen molar-refractivity contribution in [2.45, 2.75) is 45.6 Å². The number of aromatic nitrogens is 3. The van der Waals surface area contributed by atoms with Crippen LogP contribution in [0.3, 0.4) is 0 Å². The minimum atomic E-state index is 0.119. The zero-order valence-corrected chi connectivity index (χ0v) is 16.5. The first-order valence-electron chi connectivity index (χ1n) is 9.96. The van der Waals surface area contributed by atoms with Crippen LogP contribution in [0.1, 0.15) is 43.0 Å². The number of imidazole rings is 1. The zero-order chi connectivity index (χ0) is 19.5. The topological polar surface area (TPSA) is 64.2 Å². The summed E-state index contributed by atoms with van der Waals surface area (Å²) in [6.45, 7) is 6.47. The summed E-state index contributed by atoms with van der Waals surface area (Å²) in [4.78, 5) is 23.8. The van der Waals surface area contributed by atoms with Crippen LogP contribution in [0.15, 0.2) is 47.1 Å². The van der Waals surface area contributed by atoms with E-state index in [9.17, 15) is 4.79 Å². The molecule has 1 aromatic carbocycles. The van der Waals surface area contributed by atoms with Gasteiger partial charge in [0.2, 0.25) is 11.8 Å². The predicted octanol–water partition coefficient (Wildman–Crippen LogP) is 3.82. The molecule has 1 aliphatic heterocycles. The van der Waals surface area contributed by atoms with Crippen LogP contribution in [-0.2, 0) is 17.8 Å². The van der Waals surface area contributed by atoms with Gasteiger partial charge >= 0.3 is 0 Å². The lowest BCUT2D eigenvalue weighted by molar-refractivity contribution is -0.131. The fourth-order valence-corrected chi connectivity index (χ4v) is 3.89. The molecule has 6 heteroatoms. The number of benzene rings is 1. The molecule has 0 aliphatic carbocycles. The van der Waals surface area contributed by atoms with Crippen LogP contribution < -0.4 is 0 Å². The van der Waals surface area contributed by atoms with Crippen molar-refractivity contribution < 1.29 is 9.21 Å². The molecule has 146 valence electrons. The second-order valence-corrected chi connectivity index (χ2v) is 7.29. The summed E-state index contributed by atoms with van der Waals surface area (Å²) in [5.41, 5.74) is 1.66. The number of nitrogens with zero attached hydrogens (tertiary/aromatic N) is 4. The van der Waals surface area contributed by atoms with Crippen molar-refractivity contribution >= 4 is 5.91 Å². The fraction of sp³-hybridized carbons (Fsp3) is 0.409. The van der Waals surface area contributed by atoms with E-state index in [0.29, 0.717) is 17.6 Å². The van der Waals surface area contributed by atoms with E-state index < -0.39 is 0 Å². The Kier molecular flexibility index (Phi) is 5.28. The van der Waals surface area contributed by atoms with Crippen molar-refractivity contribution in [2.24, 2.45) is 0 Å². The summed E-state index contributed by atoms with van der Waals surface area (Å²) >= 11 is 0. The molecule has 0 saturated carbocycles. The number of oxazole rings is 1. The molecule has 1 saturated heterocycles. The van der Waals surface area contributed by atoms with Gasteiger partial charge in [0.25, 0.3) is 0 Å². The summed E-state index contributed by atoms with van der Waals surface area (Å²) in [6, 6.07) is 9.78. The van der Waals surface area contributed by atoms with E-state index in [1.54, 1.807) is 0 Å². The SMILES string of the molecule is CCn1ccnc1C1CCN(C(=O)Cc2nc(-c3ccccc3)oc2C)CC1. The molecule has 0 spiro atoms. The first kappa shape index (κ1) is 18.5. The quantitative estimate of drug-likeness (QED) is 0.677. The zero-order valence-electron chi connectivity index (χ0n) is 16.5. The van der Waals surface area contributed by atoms with E-state index in [-0.39, 0.29) is 12.3 Å². The Balaban J connectivity index is 1.38. The summed E-state index contributed by atoms with van der Waals surface area (Å²) in [6.07, 6.45) is 6.10. The second-order valence-electron chi connectivity index (χ2n) is 7.29. The number of hydrogen-bond acceptors (Lipinski definition) is 4. The maximum absolute atomic E-state index is 12.8. The van der Waals surface area contributed by atoms with Crippen molar-refractivity contribution in [2.75, 3.05) is 13.1 Å². The van der Waals surface area contributed by atoms with Crippen molar-refractivity contribution in [3.8, 4) is 11.5 Å². The van der Waals surface area contributed by atoms with Gasteiger partial charge in [0.05, 0.1) is 12.1 Å². The van der Waals surface area contributed by atoms with Gasteiger partial charge in [-0.25, -0.2) is 9.97 Å². The lowest BCUT2D eigenvalue weighted by Crippen LogP contribution is -2.39. The Morgan fingerprint density at radius 1 is 1.21 bits per heavy atom. The van der Waals surface area contributed by atoms with E-state index in [1.165, 1.54) is 0 Å². The highest BCUT2D eigenvalue weighted by Gasteiger charge is 2.27. The molecule has 0 bridgehead atoms. The minimum Gasteiger partial charge on any atom is -0.441 e. The van der Waals surface area contributed by atoms with Crippen LogP contribution in [0.4, 0.5) is 0 Å². The van der Waals surface area contributed by atoms with E-state index in [2.05, 4.69) is 21.5 Å². The molecule has 28 heavy (non-hydrogen) atoms. The van der Waals surface area contributed by atoms with Gasteiger partial charge in [0, 0.05) is 43.5 Å². The van der Waals surface area contributed by atoms with E-state index in [0.717, 1.165) is 49.6 Å². The molecule has 3 heterocycles. The highest BCUT2D eigenvalue weighted by Crippen LogP contribution is 2.28. The van der Waals surface area contributed by atoms with Crippen molar-refractivity contribution in [3.05, 3.63) is 60.0 Å². The van der Waals surface area contributed by atoms with Gasteiger partial charge in [-0.1, -0.05) is 18.2 Å². The standard InChI is InChI=1S/C22H26N4O2/c1-3-25-14-11-23-21(25)17-9-12-26(13-10-17)20(27)15-19-16(2)28-22(24-19)18-7-5-4-6-8-18/h4-8,11,14,17H,3,9-10,12-13,15H2,1-2H3. The third-order valence-corrected chi connectivity index (χ3v) is 5.53. The third-order valence-electron chi connectivity index (χ3n) is 5.53. The summed E-state index contributed by atoms with van der Waals surface area (Å²) < 4.78 is 7.99. The van der Waals surface area contributed by atoms with Crippen LogP contribution in [0, 0.1) is 6.92 Å². The highest BCUT2D eigenvalue weighted by molar-refractivity contribution is 5.78. The summed E-state index contributed by atoms with van der Waals surface area (Å²) in [5, 5.41) is 0. The van der Waals surface area contributed by atoms with Crippen LogP contribution in [-0.4, -0.2) is 38.4 Å². The van der Waals surface area contributed by atoms with Gasteiger partial charge in [0.1, 0.15) is 11.6 Å². The smallest absolute Gasteiger partial charge is 0.228 e. The van der Waals surface area contributed by atoms with Crippen LogP contribution >= 0.6 is 0 Å². The Morgan fingerprint density at radius 3 is 2.68 bits per heavy atom. The van der Waals surface area contributed by atoms with Crippen LogP contribution in [0.5, 0.6) is 0 Å². The maximum atomic E-state index is 12.8. The molecule has 0 N–H and O–H groups in total. The Bertz CT molecular complexity index is 937. The van der Waals surface area contributed by atoms with Gasteiger partial charge < -0.3 is 13.9 Å². The number of rotatable bonds is 5. The first-order chi connectivity index (χ1) is 13.7. The number of carbonyl (C=O) groups excluding carboxylic acids is 1. The molecule has 4 rings (SSSR count). The van der Waals surface area contributed by atoms with Gasteiger partial charge in [-0.05, 0) is 38.8 Å². The Hall–Kier alpha value is -2.89. The molecular formula is C22H26N4O2. The summed E-state index contributed by atoms with van der Waals surface area (Å²) in [7, 11) is 0. The number of carbonyl (C=O) groups is 1. The highest BCUT2D eigenvalue weighted by atomic mass is 16.4. The van der Waals surface area contributed by atoms with E-state index in [4.69, 9.17) is 4.42 Å². The number of likely N-dealkylation sites (tertiary alicyclic amines) is 1. The maximum Gasteiger partial charge on any atom is 0.228 e. The van der Waals surface area contributed by atoms with Crippen molar-refractivity contribution in [1.29, 1.82) is 0 Å². The average molecular weight is 378 g/mol. The number of amides is 1. The van der Waals surface area contributed by atoms with Crippen LogP contribution in [0.25, 0.3) is 11.5 Å². The van der Waals surface area contributed by atoms with Gasteiger partial charge in [-0.15, -0.1) is 0 Å². The van der Waals surface area contributed by atoms with E-state index >= 15 is 0 Å². The molecule has 0 atom stereocenters. The molecule has 3 aromatic rings. The monoisotopic (exact) mass is 378 g/mol. The molecule has 1 aliphatic rings. The fourth-order valence-electron chi connectivity index (χ4n) is 3.89. The molecular weight excluding hydrogens is 352 g/mol. The minimum absolute atomic E-state index is 0.119. The van der Waals surface area contributed by atoms with Gasteiger partial charge in [0.15, 0.2) is 0 Å². The van der Waals surface area contributed by atoms with Gasteiger partial charge in [-0.2, -0.15) is 0 Å². The number of hydrogen-bond donors (Lipinski definition) is 0. The third kappa shape index (κ3) is 3.72. The molecule has 6 nitrogen and oxygen atoms in total. The first-order valence-corrected chi connectivity index (χ1v) is 9.96. The molecule has 1 fully saturated rings. The molecule has 0 radical (unpaired) electrons. The van der Waals surface area contributed by atoms with Gasteiger partial charge in [-0.3, -0.25) is 4.79 Å². The predicted molar refractivity (Wildman–Crippen MR) is 107 cm³/mol. The van der Waals surface area contributed by atoms with Crippen molar-refractivity contribution in [3.63, 3.8) is 0 Å². The van der Waals surface area contributed by atoms with Crippen LogP contribution in [0.2, 0.25) is 0 Å². The lowest BCUT2D eigenvalue weighted by atomic mass is 9.95. The molecule has 0 unspecified atom stereocenters. The molecule has 1 amide bonds. The lowest BCUT2D eigenvalue weighted by Gasteiger charge is -2.31. The Labute approximate surface area is 165 Å². The normalized spacial score (nSPS) is 15.1. The van der Waals surface area contributed by atoms with E-state index in [1.807, 2.05) is 54.5 Å². The molecule has 2 aromatic heterocycles. The number of piperidine rings is 1. The van der Waals surface area contributed by atoms with Crippen molar-refractivity contribution in [1.82, 2.24) is 19.4 Å².